The van der Waals surface area contributed by atoms with E-state index in [4.69, 9.17) is 5.14 Å². The van der Waals surface area contributed by atoms with Gasteiger partial charge in [0.25, 0.3) is 0 Å². The van der Waals surface area contributed by atoms with Gasteiger partial charge in [0, 0.05) is 11.9 Å². The van der Waals surface area contributed by atoms with Crippen LogP contribution < -0.4 is 10.5 Å². The summed E-state index contributed by atoms with van der Waals surface area (Å²) >= 11 is 0. The Bertz CT molecular complexity index is 651. The van der Waals surface area contributed by atoms with Gasteiger partial charge in [0.2, 0.25) is 10.0 Å². The molecule has 0 atom stereocenters. The summed E-state index contributed by atoms with van der Waals surface area (Å²) in [5.41, 5.74) is 1.87. The first-order chi connectivity index (χ1) is 8.47. The Kier molecular flexibility index (Phi) is 3.31. The van der Waals surface area contributed by atoms with Crippen molar-refractivity contribution in [2.75, 3.05) is 5.32 Å². The molecule has 6 heteroatoms. The molecule has 0 radical (unpaired) electrons. The fraction of sp³-hybridized carbons (Fsp3) is 0.0833. The molecule has 0 saturated carbocycles. The Labute approximate surface area is 106 Å². The highest BCUT2D eigenvalue weighted by Crippen LogP contribution is 2.21. The molecule has 0 fully saturated rings. The summed E-state index contributed by atoms with van der Waals surface area (Å²) in [6.07, 6.45) is 1.51. The number of hydrogen-bond donors (Lipinski definition) is 2. The lowest BCUT2D eigenvalue weighted by molar-refractivity contribution is 0.598. The highest BCUT2D eigenvalue weighted by atomic mass is 32.2. The number of nitrogens with one attached hydrogen (secondary N) is 1. The van der Waals surface area contributed by atoms with Crippen molar-refractivity contribution >= 4 is 21.5 Å². The molecule has 0 aliphatic rings. The van der Waals surface area contributed by atoms with Crippen LogP contribution in [0.2, 0.25) is 0 Å². The molecule has 18 heavy (non-hydrogen) atoms. The first-order valence-electron chi connectivity index (χ1n) is 5.28. The van der Waals surface area contributed by atoms with Gasteiger partial charge in [0.15, 0.2) is 5.82 Å². The summed E-state index contributed by atoms with van der Waals surface area (Å²) in [6.45, 7) is 1.97. The number of primary sulfonamides is 1. The molecule has 0 spiro atoms. The zero-order chi connectivity index (χ0) is 13.2. The monoisotopic (exact) mass is 263 g/mol. The van der Waals surface area contributed by atoms with Gasteiger partial charge in [-0.25, -0.2) is 18.5 Å². The Morgan fingerprint density at radius 1 is 1.17 bits per heavy atom. The zero-order valence-electron chi connectivity index (χ0n) is 9.79. The lowest BCUT2D eigenvalue weighted by atomic mass is 10.2. The Balaban J connectivity index is 2.38. The highest BCUT2D eigenvalue weighted by molar-refractivity contribution is 7.89. The minimum Gasteiger partial charge on any atom is -0.339 e. The predicted octanol–water partition coefficient (Wildman–Crippen LogP) is 1.78. The van der Waals surface area contributed by atoms with E-state index in [1.807, 2.05) is 31.2 Å². The van der Waals surface area contributed by atoms with E-state index in [2.05, 4.69) is 10.3 Å². The fourth-order valence-electron chi connectivity index (χ4n) is 1.49. The van der Waals surface area contributed by atoms with Crippen molar-refractivity contribution in [3.63, 3.8) is 0 Å². The molecule has 3 N–H and O–H groups in total. The first kappa shape index (κ1) is 12.5. The van der Waals surface area contributed by atoms with E-state index in [-0.39, 0.29) is 10.7 Å². The number of nitrogens with two attached hydrogens (primary N) is 1. The minimum atomic E-state index is -3.79. The van der Waals surface area contributed by atoms with Crippen molar-refractivity contribution in [2.45, 2.75) is 11.8 Å². The third-order valence-electron chi connectivity index (χ3n) is 2.39. The number of rotatable bonds is 3. The van der Waals surface area contributed by atoms with E-state index in [0.717, 1.165) is 11.3 Å². The molecular weight excluding hydrogens is 250 g/mol. The second kappa shape index (κ2) is 4.75. The Morgan fingerprint density at radius 2 is 1.83 bits per heavy atom. The maximum Gasteiger partial charge on any atom is 0.241 e. The molecule has 2 rings (SSSR count). The maximum atomic E-state index is 11.4. The Morgan fingerprint density at radius 3 is 2.44 bits per heavy atom. The lowest BCUT2D eigenvalue weighted by Gasteiger charge is -2.09. The van der Waals surface area contributed by atoms with Crippen molar-refractivity contribution in [1.29, 1.82) is 0 Å². The third kappa shape index (κ3) is 2.85. The number of sulfonamides is 1. The van der Waals surface area contributed by atoms with E-state index < -0.39 is 10.0 Å². The molecule has 0 aliphatic carbocycles. The standard InChI is InChI=1S/C12H13N3O2S/c1-9-4-6-10(7-5-9)15-12-11(18(13,16)17)3-2-8-14-12/h2-8H,1H3,(H,14,15)(H2,13,16,17). The first-order valence-corrected chi connectivity index (χ1v) is 6.83. The number of hydrogen-bond acceptors (Lipinski definition) is 4. The van der Waals surface area contributed by atoms with Gasteiger partial charge in [-0.1, -0.05) is 17.7 Å². The molecule has 1 aromatic carbocycles. The normalized spacial score (nSPS) is 11.2. The van der Waals surface area contributed by atoms with Crippen LogP contribution in [0.5, 0.6) is 0 Å². The van der Waals surface area contributed by atoms with Crippen LogP contribution in [0.1, 0.15) is 5.56 Å². The van der Waals surface area contributed by atoms with Crippen molar-refractivity contribution in [3.8, 4) is 0 Å². The van der Waals surface area contributed by atoms with E-state index in [9.17, 15) is 8.42 Å². The summed E-state index contributed by atoms with van der Waals surface area (Å²) in [5, 5.41) is 8.06. The van der Waals surface area contributed by atoms with Crippen molar-refractivity contribution in [1.82, 2.24) is 4.98 Å². The predicted molar refractivity (Wildman–Crippen MR) is 70.1 cm³/mol. The van der Waals surface area contributed by atoms with E-state index in [1.165, 1.54) is 18.3 Å². The molecule has 0 bridgehead atoms. The summed E-state index contributed by atoms with van der Waals surface area (Å²) < 4.78 is 22.8. The van der Waals surface area contributed by atoms with Crippen LogP contribution in [-0.4, -0.2) is 13.4 Å². The maximum absolute atomic E-state index is 11.4. The molecule has 2 aromatic rings. The second-order valence-electron chi connectivity index (χ2n) is 3.89. The summed E-state index contributed by atoms with van der Waals surface area (Å²) in [4.78, 5) is 3.97. The molecule has 0 saturated heterocycles. The summed E-state index contributed by atoms with van der Waals surface area (Å²) in [6, 6.07) is 10.5. The number of pyridine rings is 1. The molecule has 1 heterocycles. The molecule has 94 valence electrons. The molecule has 0 aliphatic heterocycles. The molecule has 0 amide bonds. The highest BCUT2D eigenvalue weighted by Gasteiger charge is 2.14. The van der Waals surface area contributed by atoms with Crippen LogP contribution in [0.15, 0.2) is 47.5 Å². The topological polar surface area (TPSA) is 85.1 Å². The van der Waals surface area contributed by atoms with Gasteiger partial charge in [0.05, 0.1) is 0 Å². The summed E-state index contributed by atoms with van der Waals surface area (Å²) in [5.74, 6) is 0.226. The number of aromatic nitrogens is 1. The Hall–Kier alpha value is -1.92. The van der Waals surface area contributed by atoms with E-state index in [0.29, 0.717) is 0 Å². The van der Waals surface area contributed by atoms with E-state index >= 15 is 0 Å². The van der Waals surface area contributed by atoms with Crippen molar-refractivity contribution < 1.29 is 8.42 Å². The van der Waals surface area contributed by atoms with Gasteiger partial charge in [-0.15, -0.1) is 0 Å². The summed E-state index contributed by atoms with van der Waals surface area (Å²) in [7, 11) is -3.79. The van der Waals surface area contributed by atoms with Gasteiger partial charge in [-0.05, 0) is 31.2 Å². The van der Waals surface area contributed by atoms with Crippen molar-refractivity contribution in [3.05, 3.63) is 48.2 Å². The lowest BCUT2D eigenvalue weighted by Crippen LogP contribution is -2.14. The number of aryl methyl sites for hydroxylation is 1. The van der Waals surface area contributed by atoms with Gasteiger partial charge in [-0.2, -0.15) is 0 Å². The van der Waals surface area contributed by atoms with Gasteiger partial charge in [0.1, 0.15) is 4.90 Å². The number of nitrogens with zero attached hydrogens (tertiary/aromatic N) is 1. The largest absolute Gasteiger partial charge is 0.339 e. The quantitative estimate of drug-likeness (QED) is 0.884. The average molecular weight is 263 g/mol. The molecule has 0 unspecified atom stereocenters. The smallest absolute Gasteiger partial charge is 0.241 e. The van der Waals surface area contributed by atoms with Crippen LogP contribution >= 0.6 is 0 Å². The third-order valence-corrected chi connectivity index (χ3v) is 3.33. The van der Waals surface area contributed by atoms with Gasteiger partial charge >= 0.3 is 0 Å². The number of benzene rings is 1. The average Bonchev–Trinajstić information content (AvgIpc) is 2.31. The minimum absolute atomic E-state index is 0.0226. The van der Waals surface area contributed by atoms with Crippen molar-refractivity contribution in [2.24, 2.45) is 5.14 Å². The van der Waals surface area contributed by atoms with Crippen LogP contribution in [0.4, 0.5) is 11.5 Å². The van der Waals surface area contributed by atoms with Gasteiger partial charge in [-0.3, -0.25) is 0 Å². The second-order valence-corrected chi connectivity index (χ2v) is 5.42. The van der Waals surface area contributed by atoms with Crippen LogP contribution in [0.3, 0.4) is 0 Å². The fourth-order valence-corrected chi connectivity index (χ4v) is 2.13. The van der Waals surface area contributed by atoms with Crippen LogP contribution in [0, 0.1) is 6.92 Å². The molecule has 1 aromatic heterocycles. The van der Waals surface area contributed by atoms with E-state index in [1.54, 1.807) is 0 Å². The van der Waals surface area contributed by atoms with Gasteiger partial charge < -0.3 is 5.32 Å². The van der Waals surface area contributed by atoms with Crippen LogP contribution in [-0.2, 0) is 10.0 Å². The molecule has 5 nitrogen and oxygen atoms in total. The molecular formula is C12H13N3O2S. The number of anilines is 2. The SMILES string of the molecule is Cc1ccc(Nc2ncccc2S(N)(=O)=O)cc1. The van der Waals surface area contributed by atoms with Crippen LogP contribution in [0.25, 0.3) is 0 Å². The zero-order valence-corrected chi connectivity index (χ0v) is 10.6.